The van der Waals surface area contributed by atoms with Crippen LogP contribution in [0.15, 0.2) is 18.6 Å². The Hall–Kier alpha value is -1.66. The number of rotatable bonds is 8. The van der Waals surface area contributed by atoms with E-state index in [1.807, 2.05) is 7.05 Å². The summed E-state index contributed by atoms with van der Waals surface area (Å²) in [7, 11) is 1.92. The summed E-state index contributed by atoms with van der Waals surface area (Å²) in [4.78, 5) is 11.7. The molecule has 6 nitrogen and oxygen atoms in total. The van der Waals surface area contributed by atoms with Crippen molar-refractivity contribution < 1.29 is 0 Å². The lowest BCUT2D eigenvalue weighted by atomic mass is 10.1. The average Bonchev–Trinajstić information content (AvgIpc) is 3.42. The fourth-order valence-corrected chi connectivity index (χ4v) is 5.08. The Morgan fingerprint density at radius 1 is 1.22 bits per heavy atom. The maximum atomic E-state index is 4.57. The van der Waals surface area contributed by atoms with E-state index in [1.54, 1.807) is 6.33 Å². The third kappa shape index (κ3) is 3.97. The summed E-state index contributed by atoms with van der Waals surface area (Å²) in [6, 6.07) is 3.48. The van der Waals surface area contributed by atoms with Crippen molar-refractivity contribution in [2.45, 2.75) is 57.5 Å². The second-order valence-corrected chi connectivity index (χ2v) is 8.26. The van der Waals surface area contributed by atoms with Crippen LogP contribution in [0.1, 0.15) is 51.5 Å². The van der Waals surface area contributed by atoms with Crippen LogP contribution in [0.25, 0.3) is 11.0 Å². The van der Waals surface area contributed by atoms with Crippen LogP contribution in [0.2, 0.25) is 0 Å². The Kier molecular flexibility index (Phi) is 5.93. The van der Waals surface area contributed by atoms with Crippen LogP contribution in [0.4, 0.5) is 5.82 Å². The van der Waals surface area contributed by atoms with Gasteiger partial charge in [0.25, 0.3) is 0 Å². The number of hydrogen-bond donors (Lipinski definition) is 2. The lowest BCUT2D eigenvalue weighted by Crippen LogP contribution is -2.40. The average molecular weight is 371 g/mol. The standard InChI is InChI=1S/C21H34N6/c1-3-9-23-13-18-5-4-10-26(18)14-16-6-7-17(12-16)27-11-8-19-20(22-2)24-15-25-21(19)27/h8,11,15-18,23H,3-7,9-10,12-14H2,1-2H3,(H,22,24,25). The van der Waals surface area contributed by atoms with E-state index in [1.165, 1.54) is 51.6 Å². The van der Waals surface area contributed by atoms with E-state index in [-0.39, 0.29) is 0 Å². The molecule has 6 heteroatoms. The van der Waals surface area contributed by atoms with Crippen molar-refractivity contribution in [3.8, 4) is 0 Å². The second-order valence-electron chi connectivity index (χ2n) is 8.26. The van der Waals surface area contributed by atoms with Crippen LogP contribution < -0.4 is 10.6 Å². The highest BCUT2D eigenvalue weighted by Crippen LogP contribution is 2.38. The summed E-state index contributed by atoms with van der Waals surface area (Å²) >= 11 is 0. The van der Waals surface area contributed by atoms with Crippen LogP contribution in [-0.2, 0) is 0 Å². The molecular formula is C21H34N6. The van der Waals surface area contributed by atoms with Crippen LogP contribution in [0, 0.1) is 5.92 Å². The lowest BCUT2D eigenvalue weighted by molar-refractivity contribution is 0.209. The van der Waals surface area contributed by atoms with E-state index in [4.69, 9.17) is 0 Å². The predicted molar refractivity (Wildman–Crippen MR) is 111 cm³/mol. The maximum Gasteiger partial charge on any atom is 0.145 e. The van der Waals surface area contributed by atoms with Gasteiger partial charge < -0.3 is 15.2 Å². The smallest absolute Gasteiger partial charge is 0.145 e. The first-order chi connectivity index (χ1) is 13.3. The van der Waals surface area contributed by atoms with E-state index >= 15 is 0 Å². The van der Waals surface area contributed by atoms with Gasteiger partial charge >= 0.3 is 0 Å². The Bertz CT molecular complexity index is 741. The van der Waals surface area contributed by atoms with Gasteiger partial charge in [-0.25, -0.2) is 9.97 Å². The Labute approximate surface area is 162 Å². The quantitative estimate of drug-likeness (QED) is 0.699. The molecule has 148 valence electrons. The van der Waals surface area contributed by atoms with Crippen molar-refractivity contribution in [3.05, 3.63) is 18.6 Å². The van der Waals surface area contributed by atoms with Crippen molar-refractivity contribution in [2.75, 3.05) is 38.5 Å². The van der Waals surface area contributed by atoms with Gasteiger partial charge in [0, 0.05) is 38.4 Å². The van der Waals surface area contributed by atoms with Gasteiger partial charge in [-0.05, 0) is 63.6 Å². The number of aromatic nitrogens is 3. The van der Waals surface area contributed by atoms with Crippen molar-refractivity contribution >= 4 is 16.9 Å². The highest BCUT2D eigenvalue weighted by Gasteiger charge is 2.32. The fraction of sp³-hybridized carbons (Fsp3) is 0.714. The Morgan fingerprint density at radius 3 is 3.00 bits per heavy atom. The molecule has 2 aromatic rings. The summed E-state index contributed by atoms with van der Waals surface area (Å²) < 4.78 is 2.39. The molecular weight excluding hydrogens is 336 g/mol. The molecule has 1 saturated heterocycles. The van der Waals surface area contributed by atoms with Crippen LogP contribution in [-0.4, -0.2) is 58.7 Å². The summed E-state index contributed by atoms with van der Waals surface area (Å²) in [5, 5.41) is 7.94. The van der Waals surface area contributed by atoms with E-state index in [9.17, 15) is 0 Å². The maximum absolute atomic E-state index is 4.57. The molecule has 1 aliphatic carbocycles. The van der Waals surface area contributed by atoms with Gasteiger partial charge in [0.1, 0.15) is 17.8 Å². The molecule has 2 aromatic heterocycles. The van der Waals surface area contributed by atoms with Crippen molar-refractivity contribution in [2.24, 2.45) is 5.92 Å². The zero-order valence-corrected chi connectivity index (χ0v) is 16.8. The molecule has 0 radical (unpaired) electrons. The minimum absolute atomic E-state index is 0.575. The summed E-state index contributed by atoms with van der Waals surface area (Å²) in [6.45, 7) is 7.10. The van der Waals surface area contributed by atoms with Gasteiger partial charge in [0.15, 0.2) is 0 Å². The highest BCUT2D eigenvalue weighted by molar-refractivity contribution is 5.87. The van der Waals surface area contributed by atoms with E-state index in [2.05, 4.69) is 49.3 Å². The topological polar surface area (TPSA) is 58.0 Å². The minimum atomic E-state index is 0.575. The lowest BCUT2D eigenvalue weighted by Gasteiger charge is -2.27. The number of fused-ring (bicyclic) bond motifs is 1. The number of hydrogen-bond acceptors (Lipinski definition) is 5. The second kappa shape index (κ2) is 8.57. The van der Waals surface area contributed by atoms with Gasteiger partial charge in [-0.15, -0.1) is 0 Å². The molecule has 0 amide bonds. The van der Waals surface area contributed by atoms with Gasteiger partial charge in [-0.2, -0.15) is 0 Å². The normalized spacial score (nSPS) is 26.2. The van der Waals surface area contributed by atoms with E-state index in [0.717, 1.165) is 41.9 Å². The molecule has 0 bridgehead atoms. The Morgan fingerprint density at radius 2 is 2.15 bits per heavy atom. The monoisotopic (exact) mass is 370 g/mol. The molecule has 4 rings (SSSR count). The van der Waals surface area contributed by atoms with Crippen LogP contribution in [0.5, 0.6) is 0 Å². The number of anilines is 1. The van der Waals surface area contributed by atoms with Crippen molar-refractivity contribution in [1.29, 1.82) is 0 Å². The first-order valence-electron chi connectivity index (χ1n) is 10.7. The highest BCUT2D eigenvalue weighted by atomic mass is 15.2. The fourth-order valence-electron chi connectivity index (χ4n) is 5.08. The first kappa shape index (κ1) is 18.7. The zero-order chi connectivity index (χ0) is 18.6. The SMILES string of the molecule is CCCNCC1CCCN1CC1CCC(n2ccc3c(NC)ncnc32)C1. The van der Waals surface area contributed by atoms with Gasteiger partial charge in [0.2, 0.25) is 0 Å². The van der Waals surface area contributed by atoms with Crippen LogP contribution in [0.3, 0.4) is 0 Å². The molecule has 3 atom stereocenters. The largest absolute Gasteiger partial charge is 0.372 e. The summed E-state index contributed by atoms with van der Waals surface area (Å²) in [6.07, 6.45) is 11.7. The summed E-state index contributed by atoms with van der Waals surface area (Å²) in [5.74, 6) is 1.73. The molecule has 2 N–H and O–H groups in total. The van der Waals surface area contributed by atoms with E-state index in [0.29, 0.717) is 6.04 Å². The Balaban J connectivity index is 1.38. The molecule has 0 spiro atoms. The van der Waals surface area contributed by atoms with Gasteiger partial charge in [-0.1, -0.05) is 6.92 Å². The summed E-state index contributed by atoms with van der Waals surface area (Å²) in [5.41, 5.74) is 1.07. The molecule has 3 unspecified atom stereocenters. The van der Waals surface area contributed by atoms with E-state index < -0.39 is 0 Å². The first-order valence-corrected chi connectivity index (χ1v) is 10.7. The van der Waals surface area contributed by atoms with Crippen molar-refractivity contribution in [3.63, 3.8) is 0 Å². The molecule has 27 heavy (non-hydrogen) atoms. The molecule has 2 fully saturated rings. The van der Waals surface area contributed by atoms with Crippen molar-refractivity contribution in [1.82, 2.24) is 24.8 Å². The number of nitrogens with zero attached hydrogens (tertiary/aromatic N) is 4. The molecule has 1 saturated carbocycles. The van der Waals surface area contributed by atoms with Crippen LogP contribution >= 0.6 is 0 Å². The molecule has 3 heterocycles. The number of likely N-dealkylation sites (tertiary alicyclic amines) is 1. The predicted octanol–water partition coefficient (Wildman–Crippen LogP) is 3.28. The van der Waals surface area contributed by atoms with Gasteiger partial charge in [0.05, 0.1) is 5.39 Å². The number of nitrogens with one attached hydrogen (secondary N) is 2. The third-order valence-corrected chi connectivity index (χ3v) is 6.45. The molecule has 0 aromatic carbocycles. The van der Waals surface area contributed by atoms with Gasteiger partial charge in [-0.3, -0.25) is 4.90 Å². The molecule has 2 aliphatic rings. The zero-order valence-electron chi connectivity index (χ0n) is 16.8. The third-order valence-electron chi connectivity index (χ3n) is 6.45. The molecule has 1 aliphatic heterocycles. The minimum Gasteiger partial charge on any atom is -0.372 e.